The van der Waals surface area contributed by atoms with Gasteiger partial charge in [-0.05, 0) is 52.2 Å². The fraction of sp³-hybridized carbons (Fsp3) is 1.00. The molecule has 21 heavy (non-hydrogen) atoms. The van der Waals surface area contributed by atoms with Crippen molar-refractivity contribution in [2.24, 2.45) is 5.73 Å². The van der Waals surface area contributed by atoms with Gasteiger partial charge in [-0.2, -0.15) is 0 Å². The molecule has 1 aliphatic heterocycles. The molecule has 124 valence electrons. The molecule has 1 unspecified atom stereocenters. The summed E-state index contributed by atoms with van der Waals surface area (Å²) in [6.45, 7) is 6.86. The monoisotopic (exact) mass is 295 g/mol. The van der Waals surface area contributed by atoms with Crippen molar-refractivity contribution in [1.82, 2.24) is 9.80 Å². The van der Waals surface area contributed by atoms with Crippen molar-refractivity contribution in [2.45, 2.75) is 82.7 Å². The second-order valence-corrected chi connectivity index (χ2v) is 7.34. The Bertz CT molecular complexity index is 284. The quantitative estimate of drug-likeness (QED) is 0.764. The summed E-state index contributed by atoms with van der Waals surface area (Å²) in [4.78, 5) is 5.32. The van der Waals surface area contributed by atoms with Crippen LogP contribution in [0.2, 0.25) is 0 Å². The lowest BCUT2D eigenvalue weighted by atomic mass is 9.87. The number of hydrogen-bond donors (Lipinski definition) is 1. The second-order valence-electron chi connectivity index (χ2n) is 7.34. The number of nitrogens with zero attached hydrogens (tertiary/aromatic N) is 2. The molecule has 1 aliphatic carbocycles. The zero-order chi connectivity index (χ0) is 15.1. The number of likely N-dealkylation sites (tertiary alicyclic amines) is 1. The van der Waals surface area contributed by atoms with Crippen LogP contribution in [-0.2, 0) is 0 Å². The first-order chi connectivity index (χ1) is 10.2. The third-order valence-corrected chi connectivity index (χ3v) is 6.12. The van der Waals surface area contributed by atoms with Gasteiger partial charge in [0.2, 0.25) is 0 Å². The number of hydrogen-bond acceptors (Lipinski definition) is 3. The SMILES string of the molecule is CCN(CCC1CCCCN1C)C1(CN)CCCCCC1. The van der Waals surface area contributed by atoms with E-state index in [2.05, 4.69) is 23.8 Å². The molecule has 0 aromatic heterocycles. The maximum absolute atomic E-state index is 6.27. The number of nitrogens with two attached hydrogens (primary N) is 1. The first kappa shape index (κ1) is 17.2. The minimum atomic E-state index is 0.304. The Morgan fingerprint density at radius 3 is 2.38 bits per heavy atom. The lowest BCUT2D eigenvalue weighted by molar-refractivity contribution is 0.0664. The van der Waals surface area contributed by atoms with Crippen molar-refractivity contribution >= 4 is 0 Å². The van der Waals surface area contributed by atoms with Crippen LogP contribution in [-0.4, -0.2) is 54.6 Å². The summed E-state index contributed by atoms with van der Waals surface area (Å²) in [6.07, 6.45) is 13.7. The number of rotatable bonds is 6. The van der Waals surface area contributed by atoms with Gasteiger partial charge in [-0.15, -0.1) is 0 Å². The van der Waals surface area contributed by atoms with Crippen LogP contribution >= 0.6 is 0 Å². The zero-order valence-electron chi connectivity index (χ0n) is 14.4. The molecular formula is C18H37N3. The fourth-order valence-electron chi connectivity index (χ4n) is 4.58. The Balaban J connectivity index is 1.93. The van der Waals surface area contributed by atoms with Crippen molar-refractivity contribution in [1.29, 1.82) is 0 Å². The van der Waals surface area contributed by atoms with E-state index < -0.39 is 0 Å². The Labute approximate surface area is 132 Å². The molecule has 0 amide bonds. The molecule has 2 N–H and O–H groups in total. The minimum Gasteiger partial charge on any atom is -0.329 e. The third-order valence-electron chi connectivity index (χ3n) is 6.12. The molecule has 3 nitrogen and oxygen atoms in total. The topological polar surface area (TPSA) is 32.5 Å². The normalized spacial score (nSPS) is 27.7. The summed E-state index contributed by atoms with van der Waals surface area (Å²) in [5, 5.41) is 0. The maximum Gasteiger partial charge on any atom is 0.0331 e. The van der Waals surface area contributed by atoms with E-state index in [9.17, 15) is 0 Å². The Hall–Kier alpha value is -0.120. The minimum absolute atomic E-state index is 0.304. The lowest BCUT2D eigenvalue weighted by Crippen LogP contribution is -2.54. The number of piperidine rings is 1. The molecular weight excluding hydrogens is 258 g/mol. The van der Waals surface area contributed by atoms with E-state index in [0.717, 1.165) is 19.1 Å². The van der Waals surface area contributed by atoms with Crippen LogP contribution < -0.4 is 5.73 Å². The van der Waals surface area contributed by atoms with E-state index in [4.69, 9.17) is 5.73 Å². The van der Waals surface area contributed by atoms with E-state index in [1.807, 2.05) is 0 Å². The molecule has 0 spiro atoms. The van der Waals surface area contributed by atoms with Crippen molar-refractivity contribution in [3.63, 3.8) is 0 Å². The van der Waals surface area contributed by atoms with Crippen molar-refractivity contribution in [3.8, 4) is 0 Å². The average Bonchev–Trinajstić information content (AvgIpc) is 2.76. The molecule has 2 rings (SSSR count). The molecule has 1 atom stereocenters. The van der Waals surface area contributed by atoms with E-state index in [-0.39, 0.29) is 0 Å². The van der Waals surface area contributed by atoms with Crippen LogP contribution in [0, 0.1) is 0 Å². The second kappa shape index (κ2) is 8.50. The van der Waals surface area contributed by atoms with E-state index in [1.165, 1.54) is 77.3 Å². The van der Waals surface area contributed by atoms with Gasteiger partial charge in [0.15, 0.2) is 0 Å². The average molecular weight is 296 g/mol. The highest BCUT2D eigenvalue weighted by molar-refractivity contribution is 4.93. The van der Waals surface area contributed by atoms with Gasteiger partial charge in [0.25, 0.3) is 0 Å². The summed E-state index contributed by atoms with van der Waals surface area (Å²) < 4.78 is 0. The van der Waals surface area contributed by atoms with Gasteiger partial charge < -0.3 is 10.6 Å². The largest absolute Gasteiger partial charge is 0.329 e. The predicted octanol–water partition coefficient (Wildman–Crippen LogP) is 3.23. The van der Waals surface area contributed by atoms with E-state index >= 15 is 0 Å². The van der Waals surface area contributed by atoms with Crippen molar-refractivity contribution in [2.75, 3.05) is 33.2 Å². The predicted molar refractivity (Wildman–Crippen MR) is 91.6 cm³/mol. The first-order valence-corrected chi connectivity index (χ1v) is 9.37. The van der Waals surface area contributed by atoms with Gasteiger partial charge in [0.1, 0.15) is 0 Å². The summed E-state index contributed by atoms with van der Waals surface area (Å²) in [5.41, 5.74) is 6.57. The summed E-state index contributed by atoms with van der Waals surface area (Å²) in [7, 11) is 2.31. The summed E-state index contributed by atoms with van der Waals surface area (Å²) >= 11 is 0. The van der Waals surface area contributed by atoms with Gasteiger partial charge >= 0.3 is 0 Å². The van der Waals surface area contributed by atoms with Crippen LogP contribution in [0.3, 0.4) is 0 Å². The van der Waals surface area contributed by atoms with Crippen molar-refractivity contribution < 1.29 is 0 Å². The van der Waals surface area contributed by atoms with E-state index in [0.29, 0.717) is 5.54 Å². The molecule has 0 aromatic rings. The molecule has 2 aliphatic rings. The van der Waals surface area contributed by atoms with E-state index in [1.54, 1.807) is 0 Å². The highest BCUT2D eigenvalue weighted by atomic mass is 15.2. The molecule has 0 radical (unpaired) electrons. The molecule has 0 bridgehead atoms. The Kier molecular flexibility index (Phi) is 6.97. The van der Waals surface area contributed by atoms with Gasteiger partial charge in [0.05, 0.1) is 0 Å². The number of likely N-dealkylation sites (N-methyl/N-ethyl adjacent to an activating group) is 1. The van der Waals surface area contributed by atoms with Gasteiger partial charge in [0, 0.05) is 24.7 Å². The molecule has 1 saturated carbocycles. The fourth-order valence-corrected chi connectivity index (χ4v) is 4.58. The first-order valence-electron chi connectivity index (χ1n) is 9.37. The third kappa shape index (κ3) is 4.43. The smallest absolute Gasteiger partial charge is 0.0331 e. The highest BCUT2D eigenvalue weighted by Crippen LogP contribution is 2.32. The molecule has 1 heterocycles. The zero-order valence-corrected chi connectivity index (χ0v) is 14.4. The molecule has 2 fully saturated rings. The Morgan fingerprint density at radius 2 is 1.81 bits per heavy atom. The molecule has 0 aromatic carbocycles. The van der Waals surface area contributed by atoms with Crippen molar-refractivity contribution in [3.05, 3.63) is 0 Å². The molecule has 1 saturated heterocycles. The molecule has 3 heteroatoms. The summed E-state index contributed by atoms with van der Waals surface area (Å²) in [5.74, 6) is 0. The highest BCUT2D eigenvalue weighted by Gasteiger charge is 2.35. The van der Waals surface area contributed by atoms with Gasteiger partial charge in [-0.25, -0.2) is 0 Å². The van der Waals surface area contributed by atoms with Crippen LogP contribution in [0.5, 0.6) is 0 Å². The summed E-state index contributed by atoms with van der Waals surface area (Å²) in [6, 6.07) is 0.799. The Morgan fingerprint density at radius 1 is 1.10 bits per heavy atom. The van der Waals surface area contributed by atoms with Gasteiger partial charge in [-0.1, -0.05) is 39.0 Å². The van der Waals surface area contributed by atoms with Crippen LogP contribution in [0.15, 0.2) is 0 Å². The lowest BCUT2D eigenvalue weighted by Gasteiger charge is -2.44. The van der Waals surface area contributed by atoms with Crippen LogP contribution in [0.4, 0.5) is 0 Å². The van der Waals surface area contributed by atoms with Crippen LogP contribution in [0.1, 0.15) is 71.1 Å². The van der Waals surface area contributed by atoms with Gasteiger partial charge in [-0.3, -0.25) is 4.90 Å². The maximum atomic E-state index is 6.27. The van der Waals surface area contributed by atoms with Crippen LogP contribution in [0.25, 0.3) is 0 Å². The standard InChI is InChI=1S/C18H37N3/c1-3-21(15-11-17-10-6-9-14-20(17)2)18(16-19)12-7-4-5-8-13-18/h17H,3-16,19H2,1-2H3.